The fraction of sp³-hybridized carbons (Fsp3) is 0.812. The lowest BCUT2D eigenvalue weighted by molar-refractivity contribution is -0.140. The van der Waals surface area contributed by atoms with Crippen LogP contribution in [0.1, 0.15) is 33.6 Å². The molecule has 1 heterocycles. The van der Waals surface area contributed by atoms with Crippen molar-refractivity contribution in [2.45, 2.75) is 33.6 Å². The Morgan fingerprint density at radius 2 is 1.70 bits per heavy atom. The molecule has 7 nitrogen and oxygen atoms in total. The number of rotatable bonds is 6. The van der Waals surface area contributed by atoms with Crippen molar-refractivity contribution in [3.8, 4) is 0 Å². The number of nitrogens with zero attached hydrogens (tertiary/aromatic N) is 2. The lowest BCUT2D eigenvalue weighted by Crippen LogP contribution is -2.51. The molecule has 2 amide bonds. The predicted octanol–water partition coefficient (Wildman–Crippen LogP) is 0.246. The Bertz CT molecular complexity index is 424. The van der Waals surface area contributed by atoms with Gasteiger partial charge in [0.1, 0.15) is 0 Å². The molecule has 132 valence electrons. The first kappa shape index (κ1) is 19.4. The van der Waals surface area contributed by atoms with Crippen molar-refractivity contribution < 1.29 is 19.1 Å². The van der Waals surface area contributed by atoms with E-state index in [1.165, 1.54) is 7.11 Å². The summed E-state index contributed by atoms with van der Waals surface area (Å²) in [5, 5.41) is 2.69. The first-order chi connectivity index (χ1) is 10.7. The van der Waals surface area contributed by atoms with Crippen molar-refractivity contribution in [3.63, 3.8) is 0 Å². The molecule has 1 saturated heterocycles. The topological polar surface area (TPSA) is 79.0 Å². The summed E-state index contributed by atoms with van der Waals surface area (Å²) in [4.78, 5) is 39.0. The number of hydrogen-bond donors (Lipinski definition) is 1. The second-order valence-electron chi connectivity index (χ2n) is 6.83. The average Bonchev–Trinajstić information content (AvgIpc) is 2.51. The maximum Gasteiger partial charge on any atom is 0.305 e. The van der Waals surface area contributed by atoms with Crippen LogP contribution in [0, 0.1) is 5.41 Å². The standard InChI is InChI=1S/C16H29N3O4/c1-16(2,3)15(22)17-12-13(20)19-10-8-18(9-11-19)7-5-6-14(21)23-4/h5-12H2,1-4H3,(H,17,22). The molecule has 1 fully saturated rings. The van der Waals surface area contributed by atoms with Gasteiger partial charge in [0.25, 0.3) is 0 Å². The highest BCUT2D eigenvalue weighted by Gasteiger charge is 2.24. The second-order valence-corrected chi connectivity index (χ2v) is 6.83. The molecule has 1 aliphatic heterocycles. The fourth-order valence-corrected chi connectivity index (χ4v) is 2.30. The summed E-state index contributed by atoms with van der Waals surface area (Å²) >= 11 is 0. The van der Waals surface area contributed by atoms with Gasteiger partial charge in [-0.15, -0.1) is 0 Å². The maximum absolute atomic E-state index is 12.1. The molecule has 0 bridgehead atoms. The minimum absolute atomic E-state index is 0.0446. The summed E-state index contributed by atoms with van der Waals surface area (Å²) < 4.78 is 4.61. The molecule has 1 aliphatic rings. The minimum Gasteiger partial charge on any atom is -0.469 e. The van der Waals surface area contributed by atoms with Gasteiger partial charge in [-0.1, -0.05) is 20.8 Å². The summed E-state index contributed by atoms with van der Waals surface area (Å²) in [6, 6.07) is 0. The molecule has 0 radical (unpaired) electrons. The molecule has 23 heavy (non-hydrogen) atoms. The van der Waals surface area contributed by atoms with Gasteiger partial charge < -0.3 is 15.0 Å². The molecule has 7 heteroatoms. The predicted molar refractivity (Wildman–Crippen MR) is 86.7 cm³/mol. The Labute approximate surface area is 138 Å². The molecule has 0 aromatic heterocycles. The van der Waals surface area contributed by atoms with E-state index in [-0.39, 0.29) is 24.3 Å². The van der Waals surface area contributed by atoms with Crippen molar-refractivity contribution in [2.24, 2.45) is 5.41 Å². The number of ether oxygens (including phenoxy) is 1. The van der Waals surface area contributed by atoms with Crippen LogP contribution in [0.3, 0.4) is 0 Å². The zero-order valence-corrected chi connectivity index (χ0v) is 14.7. The number of piperazine rings is 1. The summed E-state index contributed by atoms with van der Waals surface area (Å²) in [5.41, 5.74) is -0.487. The van der Waals surface area contributed by atoms with Crippen LogP contribution in [0.25, 0.3) is 0 Å². The zero-order valence-electron chi connectivity index (χ0n) is 14.7. The first-order valence-electron chi connectivity index (χ1n) is 8.09. The molecule has 0 aliphatic carbocycles. The highest BCUT2D eigenvalue weighted by atomic mass is 16.5. The molecule has 0 saturated carbocycles. The maximum atomic E-state index is 12.1. The third-order valence-electron chi connectivity index (χ3n) is 3.89. The largest absolute Gasteiger partial charge is 0.469 e. The van der Waals surface area contributed by atoms with Crippen molar-refractivity contribution in [1.29, 1.82) is 0 Å². The molecular formula is C16H29N3O4. The number of nitrogens with one attached hydrogen (secondary N) is 1. The Balaban J connectivity index is 2.23. The van der Waals surface area contributed by atoms with E-state index in [0.29, 0.717) is 19.5 Å². The van der Waals surface area contributed by atoms with Gasteiger partial charge in [-0.2, -0.15) is 0 Å². The first-order valence-corrected chi connectivity index (χ1v) is 8.09. The van der Waals surface area contributed by atoms with Gasteiger partial charge in [-0.3, -0.25) is 19.3 Å². The molecule has 0 aromatic rings. The second kappa shape index (κ2) is 8.86. The summed E-state index contributed by atoms with van der Waals surface area (Å²) in [7, 11) is 1.39. The highest BCUT2D eigenvalue weighted by Crippen LogP contribution is 2.12. The number of amides is 2. The van der Waals surface area contributed by atoms with Crippen molar-refractivity contribution in [3.05, 3.63) is 0 Å². The number of hydrogen-bond acceptors (Lipinski definition) is 5. The van der Waals surface area contributed by atoms with Gasteiger partial charge in [0.15, 0.2) is 0 Å². The monoisotopic (exact) mass is 327 g/mol. The van der Waals surface area contributed by atoms with E-state index in [1.807, 2.05) is 20.8 Å². The van der Waals surface area contributed by atoms with Crippen LogP contribution < -0.4 is 5.32 Å². The summed E-state index contributed by atoms with van der Waals surface area (Å²) in [6.45, 7) is 9.24. The molecule has 1 rings (SSSR count). The number of methoxy groups -OCH3 is 1. The van der Waals surface area contributed by atoms with Crippen LogP contribution in [0.2, 0.25) is 0 Å². The number of carbonyl (C=O) groups excluding carboxylic acids is 3. The molecule has 0 unspecified atom stereocenters. The molecule has 0 spiro atoms. The van der Waals surface area contributed by atoms with E-state index in [9.17, 15) is 14.4 Å². The minimum atomic E-state index is -0.487. The van der Waals surface area contributed by atoms with E-state index < -0.39 is 5.41 Å². The molecular weight excluding hydrogens is 298 g/mol. The van der Waals surface area contributed by atoms with Crippen LogP contribution in [0.15, 0.2) is 0 Å². The summed E-state index contributed by atoms with van der Waals surface area (Å²) in [5.74, 6) is -0.350. The normalized spacial score (nSPS) is 16.1. The van der Waals surface area contributed by atoms with Crippen LogP contribution in [0.4, 0.5) is 0 Å². The van der Waals surface area contributed by atoms with Crippen molar-refractivity contribution >= 4 is 17.8 Å². The van der Waals surface area contributed by atoms with Crippen LogP contribution in [0.5, 0.6) is 0 Å². The Morgan fingerprint density at radius 1 is 1.09 bits per heavy atom. The smallest absolute Gasteiger partial charge is 0.305 e. The van der Waals surface area contributed by atoms with E-state index >= 15 is 0 Å². The van der Waals surface area contributed by atoms with Gasteiger partial charge in [-0.25, -0.2) is 0 Å². The van der Waals surface area contributed by atoms with E-state index in [2.05, 4.69) is 15.0 Å². The zero-order chi connectivity index (χ0) is 17.5. The molecule has 0 atom stereocenters. The Kier molecular flexibility index (Phi) is 7.48. The van der Waals surface area contributed by atoms with E-state index in [1.54, 1.807) is 4.90 Å². The van der Waals surface area contributed by atoms with Gasteiger partial charge in [0, 0.05) is 38.0 Å². The van der Waals surface area contributed by atoms with Crippen LogP contribution in [-0.4, -0.2) is 74.0 Å². The third kappa shape index (κ3) is 6.99. The lowest BCUT2D eigenvalue weighted by atomic mass is 9.96. The van der Waals surface area contributed by atoms with Crippen LogP contribution >= 0.6 is 0 Å². The average molecular weight is 327 g/mol. The van der Waals surface area contributed by atoms with Crippen LogP contribution in [-0.2, 0) is 19.1 Å². The van der Waals surface area contributed by atoms with Gasteiger partial charge >= 0.3 is 5.97 Å². The Hall–Kier alpha value is -1.63. The number of esters is 1. The van der Waals surface area contributed by atoms with Gasteiger partial charge in [0.2, 0.25) is 11.8 Å². The summed E-state index contributed by atoms with van der Waals surface area (Å²) in [6.07, 6.45) is 1.19. The lowest BCUT2D eigenvalue weighted by Gasteiger charge is -2.34. The van der Waals surface area contributed by atoms with Crippen molar-refractivity contribution in [1.82, 2.24) is 15.1 Å². The van der Waals surface area contributed by atoms with Gasteiger partial charge in [-0.05, 0) is 13.0 Å². The van der Waals surface area contributed by atoms with E-state index in [0.717, 1.165) is 26.1 Å². The molecule has 0 aromatic carbocycles. The molecule has 1 N–H and O–H groups in total. The highest BCUT2D eigenvalue weighted by molar-refractivity contribution is 5.87. The SMILES string of the molecule is COC(=O)CCCN1CCN(C(=O)CNC(=O)C(C)(C)C)CC1. The third-order valence-corrected chi connectivity index (χ3v) is 3.89. The number of carbonyl (C=O) groups is 3. The quantitative estimate of drug-likeness (QED) is 0.707. The van der Waals surface area contributed by atoms with E-state index in [4.69, 9.17) is 0 Å². The van der Waals surface area contributed by atoms with Crippen molar-refractivity contribution in [2.75, 3.05) is 46.4 Å². The fourth-order valence-electron chi connectivity index (χ4n) is 2.30. The Morgan fingerprint density at radius 3 is 2.22 bits per heavy atom. The van der Waals surface area contributed by atoms with Gasteiger partial charge in [0.05, 0.1) is 13.7 Å².